The Morgan fingerprint density at radius 3 is 1.78 bits per heavy atom. The molecule has 9 heteroatoms. The van der Waals surface area contributed by atoms with Crippen molar-refractivity contribution in [2.24, 2.45) is 0 Å². The Bertz CT molecular complexity index is 277. The molecule has 0 aromatic rings. The summed E-state index contributed by atoms with van der Waals surface area (Å²) in [5.41, 5.74) is 0.595. The lowest BCUT2D eigenvalue weighted by molar-refractivity contribution is 0.241. The largest absolute Gasteiger partial charge is 0.418 e. The molecule has 0 aromatic carbocycles. The van der Waals surface area contributed by atoms with Gasteiger partial charge >= 0.3 is 35.7 Å². The van der Waals surface area contributed by atoms with Crippen LogP contribution in [0.2, 0.25) is 31.7 Å². The van der Waals surface area contributed by atoms with Crippen molar-refractivity contribution in [3.63, 3.8) is 0 Å². The Balaban J connectivity index is 2.13. The first-order chi connectivity index (χ1) is 8.25. The first-order valence-electron chi connectivity index (χ1n) is 6.58. The molecule has 2 fully saturated rings. The second-order valence-corrected chi connectivity index (χ2v) is 17.5. The highest BCUT2D eigenvalue weighted by molar-refractivity contribution is 6.86. The van der Waals surface area contributed by atoms with E-state index in [0.717, 1.165) is 6.61 Å². The van der Waals surface area contributed by atoms with E-state index in [1.54, 1.807) is 0 Å². The van der Waals surface area contributed by atoms with E-state index in [1.807, 2.05) is 0 Å². The third-order valence-electron chi connectivity index (χ3n) is 3.57. The summed E-state index contributed by atoms with van der Waals surface area (Å²) in [7, 11) is -7.78. The number of hydrogen-bond donors (Lipinski definition) is 0. The molecular formula is C9H24O5Si4. The number of hydrogen-bond acceptors (Lipinski definition) is 5. The number of rotatable bonds is 2. The van der Waals surface area contributed by atoms with Crippen molar-refractivity contribution in [2.75, 3.05) is 6.61 Å². The normalized spacial score (nSPS) is 49.8. The summed E-state index contributed by atoms with van der Waals surface area (Å²) in [5.74, 6) is 0. The molecule has 0 spiro atoms. The molecular weight excluding hydrogens is 300 g/mol. The lowest BCUT2D eigenvalue weighted by atomic mass is 10.6. The average Bonchev–Trinajstić information content (AvgIpc) is 2.96. The van der Waals surface area contributed by atoms with Gasteiger partial charge in [0.15, 0.2) is 0 Å². The zero-order chi connectivity index (χ0) is 13.6. The molecule has 2 aliphatic heterocycles. The summed E-state index contributed by atoms with van der Waals surface area (Å²) in [5, 5.41) is 0. The lowest BCUT2D eigenvalue weighted by Crippen LogP contribution is -2.61. The molecule has 0 N–H and O–H groups in total. The van der Waals surface area contributed by atoms with E-state index in [9.17, 15) is 0 Å². The fourth-order valence-electron chi connectivity index (χ4n) is 2.20. The van der Waals surface area contributed by atoms with Gasteiger partial charge in [0, 0.05) is 0 Å². The maximum absolute atomic E-state index is 6.25. The molecule has 0 aliphatic carbocycles. The molecule has 2 heterocycles. The molecule has 0 bridgehead atoms. The smallest absolute Gasteiger partial charge is 0.349 e. The van der Waals surface area contributed by atoms with Crippen LogP contribution < -0.4 is 0 Å². The van der Waals surface area contributed by atoms with Crippen LogP contribution in [-0.4, -0.2) is 48.0 Å². The van der Waals surface area contributed by atoms with Gasteiger partial charge in [-0.2, -0.15) is 0 Å². The topological polar surface area (TPSA) is 49.5 Å². The van der Waals surface area contributed by atoms with E-state index in [2.05, 4.69) is 40.0 Å². The number of epoxide rings is 1. The molecule has 0 aromatic heterocycles. The quantitative estimate of drug-likeness (QED) is 0.565. The second kappa shape index (κ2) is 5.22. The van der Waals surface area contributed by atoms with Gasteiger partial charge in [-0.25, -0.2) is 0 Å². The third kappa shape index (κ3) is 3.22. The molecule has 2 aliphatic rings. The van der Waals surface area contributed by atoms with Gasteiger partial charge in [-0.3, -0.25) is 0 Å². The predicted octanol–water partition coefficient (Wildman–Crippen LogP) is 1.26. The molecule has 2 saturated heterocycles. The minimum absolute atomic E-state index is 0.180. The van der Waals surface area contributed by atoms with Crippen LogP contribution in [0.25, 0.3) is 0 Å². The molecule has 106 valence electrons. The van der Waals surface area contributed by atoms with Crippen LogP contribution in [0.1, 0.15) is 13.8 Å². The summed E-state index contributed by atoms with van der Waals surface area (Å²) in [6, 6.07) is 0. The summed E-state index contributed by atoms with van der Waals surface area (Å²) < 4.78 is 30.3. The van der Waals surface area contributed by atoms with Gasteiger partial charge in [-0.15, -0.1) is 0 Å². The van der Waals surface area contributed by atoms with Gasteiger partial charge in [-0.05, 0) is 31.7 Å². The highest BCUT2D eigenvalue weighted by Crippen LogP contribution is 2.33. The molecule has 0 amide bonds. The van der Waals surface area contributed by atoms with E-state index < -0.39 is 35.7 Å². The molecule has 2 rings (SSSR count). The van der Waals surface area contributed by atoms with E-state index >= 15 is 0 Å². The fourth-order valence-corrected chi connectivity index (χ4v) is 19.5. The third-order valence-corrected chi connectivity index (χ3v) is 20.0. The van der Waals surface area contributed by atoms with Gasteiger partial charge in [0.05, 0.1) is 6.61 Å². The molecule has 5 nitrogen and oxygen atoms in total. The summed E-state index contributed by atoms with van der Waals surface area (Å²) >= 11 is 0. The van der Waals surface area contributed by atoms with Crippen LogP contribution in [0.15, 0.2) is 0 Å². The summed E-state index contributed by atoms with van der Waals surface area (Å²) in [6.45, 7) is 13.5. The zero-order valence-corrected chi connectivity index (χ0v) is 16.4. The van der Waals surface area contributed by atoms with Crippen molar-refractivity contribution < 1.29 is 21.2 Å². The summed E-state index contributed by atoms with van der Waals surface area (Å²) in [6.07, 6.45) is 0. The minimum atomic E-state index is -2.24. The van der Waals surface area contributed by atoms with E-state index in [0.29, 0.717) is 5.54 Å². The second-order valence-electron chi connectivity index (χ2n) is 5.62. The van der Waals surface area contributed by atoms with Crippen LogP contribution in [0.4, 0.5) is 0 Å². The van der Waals surface area contributed by atoms with Gasteiger partial charge in [-0.1, -0.05) is 13.8 Å². The molecule has 0 radical (unpaired) electrons. The van der Waals surface area contributed by atoms with Crippen molar-refractivity contribution in [2.45, 2.75) is 51.3 Å². The van der Waals surface area contributed by atoms with Crippen molar-refractivity contribution >= 4 is 35.7 Å². The zero-order valence-electron chi connectivity index (χ0n) is 12.1. The van der Waals surface area contributed by atoms with Gasteiger partial charge in [0.25, 0.3) is 0 Å². The highest BCUT2D eigenvalue weighted by atomic mass is 28.5. The average molecular weight is 325 g/mol. The Kier molecular flexibility index (Phi) is 4.37. The van der Waals surface area contributed by atoms with Crippen molar-refractivity contribution in [1.29, 1.82) is 0 Å². The fraction of sp³-hybridized carbons (Fsp3) is 1.00. The van der Waals surface area contributed by atoms with E-state index in [1.165, 1.54) is 0 Å². The first kappa shape index (κ1) is 15.1. The molecule has 3 atom stereocenters. The monoisotopic (exact) mass is 324 g/mol. The van der Waals surface area contributed by atoms with Crippen LogP contribution in [0.5, 0.6) is 0 Å². The van der Waals surface area contributed by atoms with Gasteiger partial charge < -0.3 is 21.2 Å². The molecule has 0 saturated carbocycles. The van der Waals surface area contributed by atoms with Gasteiger partial charge in [0.1, 0.15) is 5.73 Å². The Labute approximate surface area is 115 Å². The molecule has 3 unspecified atom stereocenters. The van der Waals surface area contributed by atoms with Crippen molar-refractivity contribution in [3.05, 3.63) is 0 Å². The van der Waals surface area contributed by atoms with Crippen molar-refractivity contribution in [1.82, 2.24) is 0 Å². The van der Waals surface area contributed by atoms with E-state index in [-0.39, 0.29) is 5.73 Å². The SMILES string of the molecule is CC(C)[Si]1(C)O[SiH](C)O[Si](C)(C2CO2)O[SiH](C)O1. The van der Waals surface area contributed by atoms with Gasteiger partial charge in [0.2, 0.25) is 0 Å². The molecule has 18 heavy (non-hydrogen) atoms. The maximum Gasteiger partial charge on any atom is 0.349 e. The Hall–Kier alpha value is 0.668. The van der Waals surface area contributed by atoms with Crippen LogP contribution in [-0.2, 0) is 21.2 Å². The first-order valence-corrected chi connectivity index (χ1v) is 15.6. The van der Waals surface area contributed by atoms with Crippen molar-refractivity contribution in [3.8, 4) is 0 Å². The number of ether oxygens (including phenoxy) is 1. The van der Waals surface area contributed by atoms with Crippen LogP contribution in [0, 0.1) is 0 Å². The summed E-state index contributed by atoms with van der Waals surface area (Å²) in [4.78, 5) is 0. The highest BCUT2D eigenvalue weighted by Gasteiger charge is 2.55. The van der Waals surface area contributed by atoms with E-state index in [4.69, 9.17) is 21.2 Å². The standard InChI is InChI=1S/C9H24O5Si4/c1-8(2)17(5)11-15(3)13-18(6,9-7-10-9)14-16(4)12-17/h8-9,15-16H,7H2,1-6H3. The minimum Gasteiger partial charge on any atom is -0.418 e. The lowest BCUT2D eigenvalue weighted by Gasteiger charge is -2.42. The van der Waals surface area contributed by atoms with Crippen LogP contribution >= 0.6 is 0 Å². The maximum atomic E-state index is 6.25. The predicted molar refractivity (Wildman–Crippen MR) is 78.4 cm³/mol. The Morgan fingerprint density at radius 1 is 1.00 bits per heavy atom. The van der Waals surface area contributed by atoms with Crippen LogP contribution in [0.3, 0.4) is 0 Å². The Morgan fingerprint density at radius 2 is 1.44 bits per heavy atom.